The molecule has 2 rings (SSSR count). The summed E-state index contributed by atoms with van der Waals surface area (Å²) >= 11 is 0. The molecular formula is C13H15N3. The van der Waals surface area contributed by atoms with Gasteiger partial charge < -0.3 is 5.32 Å². The summed E-state index contributed by atoms with van der Waals surface area (Å²) in [6, 6.07) is 6.24. The van der Waals surface area contributed by atoms with Gasteiger partial charge in [0, 0.05) is 11.4 Å². The van der Waals surface area contributed by atoms with E-state index in [9.17, 15) is 0 Å². The van der Waals surface area contributed by atoms with Gasteiger partial charge in [-0.05, 0) is 49.7 Å². The van der Waals surface area contributed by atoms with E-state index in [1.807, 2.05) is 26.1 Å². The molecule has 82 valence electrons. The smallest absolute Gasteiger partial charge is 0.0568 e. The number of rotatable bonds is 2. The number of fused-ring (bicyclic) bond motifs is 1. The lowest BCUT2D eigenvalue weighted by Gasteiger charge is -2.12. The topological polar surface area (TPSA) is 36.8 Å². The van der Waals surface area contributed by atoms with E-state index in [1.165, 1.54) is 11.3 Å². The second-order valence-electron chi connectivity index (χ2n) is 3.96. The first kappa shape index (κ1) is 10.6. The van der Waals surface area contributed by atoms with Gasteiger partial charge in [0.15, 0.2) is 0 Å². The zero-order valence-corrected chi connectivity index (χ0v) is 9.57. The Morgan fingerprint density at radius 1 is 1.38 bits per heavy atom. The van der Waals surface area contributed by atoms with Crippen LogP contribution in [-0.2, 0) is 6.42 Å². The predicted octanol–water partition coefficient (Wildman–Crippen LogP) is 2.98. The Labute approximate surface area is 95.6 Å². The number of allylic oxidation sites excluding steroid dienone is 1. The second-order valence-corrected chi connectivity index (χ2v) is 3.96. The third-order valence-corrected chi connectivity index (χ3v) is 2.29. The van der Waals surface area contributed by atoms with E-state index >= 15 is 0 Å². The molecule has 1 heterocycles. The summed E-state index contributed by atoms with van der Waals surface area (Å²) in [5, 5.41) is 11.2. The third-order valence-electron chi connectivity index (χ3n) is 2.29. The van der Waals surface area contributed by atoms with Crippen LogP contribution < -0.4 is 5.32 Å². The molecule has 3 heteroatoms. The Morgan fingerprint density at radius 3 is 3.06 bits per heavy atom. The fourth-order valence-corrected chi connectivity index (χ4v) is 1.55. The first-order chi connectivity index (χ1) is 7.75. The minimum atomic E-state index is 0.957. The molecule has 0 amide bonds. The summed E-state index contributed by atoms with van der Waals surface area (Å²) in [7, 11) is 0. The van der Waals surface area contributed by atoms with Crippen molar-refractivity contribution in [3.8, 4) is 0 Å². The normalized spacial score (nSPS) is 13.4. The van der Waals surface area contributed by atoms with Crippen LogP contribution in [0.5, 0.6) is 0 Å². The molecule has 0 bridgehead atoms. The number of nitrogens with zero attached hydrogens (tertiary/aromatic N) is 2. The molecule has 0 fully saturated rings. The quantitative estimate of drug-likeness (QED) is 0.595. The van der Waals surface area contributed by atoms with Gasteiger partial charge in [0.1, 0.15) is 0 Å². The molecule has 1 aromatic carbocycles. The molecular weight excluding hydrogens is 198 g/mol. The number of hydrogen-bond acceptors (Lipinski definition) is 3. The first-order valence-corrected chi connectivity index (χ1v) is 5.34. The molecule has 0 spiro atoms. The van der Waals surface area contributed by atoms with Crippen LogP contribution in [0.15, 0.2) is 40.7 Å². The Kier molecular flexibility index (Phi) is 3.15. The molecule has 1 N–H and O–H groups in total. The molecule has 0 radical (unpaired) electrons. The maximum Gasteiger partial charge on any atom is 0.0568 e. The van der Waals surface area contributed by atoms with Crippen molar-refractivity contribution in [3.05, 3.63) is 41.6 Å². The van der Waals surface area contributed by atoms with Crippen LogP contribution in [0.2, 0.25) is 0 Å². The van der Waals surface area contributed by atoms with E-state index < -0.39 is 0 Å². The maximum absolute atomic E-state index is 4.01. The standard InChI is InChI=1S/C13H15N3/c1-10(2)16-15-9-11-5-6-13-12(8-11)4-3-7-14-13/h3,5-9,14H,4H2,1-2H3. The van der Waals surface area contributed by atoms with Crippen molar-refractivity contribution in [2.75, 3.05) is 5.32 Å². The molecule has 0 saturated carbocycles. The summed E-state index contributed by atoms with van der Waals surface area (Å²) in [5.41, 5.74) is 4.51. The largest absolute Gasteiger partial charge is 0.362 e. The Bertz CT molecular complexity index is 466. The van der Waals surface area contributed by atoms with E-state index in [1.54, 1.807) is 6.21 Å². The highest BCUT2D eigenvalue weighted by Crippen LogP contribution is 2.20. The zero-order valence-electron chi connectivity index (χ0n) is 9.57. The lowest BCUT2D eigenvalue weighted by atomic mass is 10.0. The van der Waals surface area contributed by atoms with Crippen LogP contribution in [0, 0.1) is 0 Å². The second kappa shape index (κ2) is 4.75. The van der Waals surface area contributed by atoms with Gasteiger partial charge in [0.05, 0.1) is 6.21 Å². The van der Waals surface area contributed by atoms with E-state index in [0.717, 1.165) is 17.7 Å². The monoisotopic (exact) mass is 213 g/mol. The Hall–Kier alpha value is -1.90. The predicted molar refractivity (Wildman–Crippen MR) is 69.3 cm³/mol. The fourth-order valence-electron chi connectivity index (χ4n) is 1.55. The van der Waals surface area contributed by atoms with Crippen LogP contribution in [0.1, 0.15) is 25.0 Å². The van der Waals surface area contributed by atoms with Crippen LogP contribution in [0.3, 0.4) is 0 Å². The average Bonchev–Trinajstić information content (AvgIpc) is 2.28. The van der Waals surface area contributed by atoms with Crippen molar-refractivity contribution < 1.29 is 0 Å². The number of hydrogen-bond donors (Lipinski definition) is 1. The minimum absolute atomic E-state index is 0.957. The van der Waals surface area contributed by atoms with Crippen molar-refractivity contribution in [2.45, 2.75) is 20.3 Å². The molecule has 0 unspecified atom stereocenters. The van der Waals surface area contributed by atoms with Crippen molar-refractivity contribution in [1.29, 1.82) is 0 Å². The molecule has 16 heavy (non-hydrogen) atoms. The molecule has 1 aliphatic heterocycles. The molecule has 0 aliphatic carbocycles. The molecule has 0 atom stereocenters. The van der Waals surface area contributed by atoms with E-state index in [-0.39, 0.29) is 0 Å². The number of anilines is 1. The zero-order chi connectivity index (χ0) is 11.4. The number of benzene rings is 1. The summed E-state index contributed by atoms with van der Waals surface area (Å²) in [6.45, 7) is 3.86. The summed E-state index contributed by atoms with van der Waals surface area (Å²) in [4.78, 5) is 0. The lowest BCUT2D eigenvalue weighted by molar-refractivity contribution is 1.21. The molecule has 0 aromatic heterocycles. The van der Waals surface area contributed by atoms with Gasteiger partial charge in [-0.3, -0.25) is 0 Å². The van der Waals surface area contributed by atoms with Gasteiger partial charge in [-0.15, -0.1) is 0 Å². The van der Waals surface area contributed by atoms with Gasteiger partial charge in [-0.1, -0.05) is 12.1 Å². The van der Waals surface area contributed by atoms with Crippen LogP contribution in [0.25, 0.3) is 0 Å². The summed E-state index contributed by atoms with van der Waals surface area (Å²) < 4.78 is 0. The summed E-state index contributed by atoms with van der Waals surface area (Å²) in [5.74, 6) is 0. The van der Waals surface area contributed by atoms with E-state index in [0.29, 0.717) is 0 Å². The maximum atomic E-state index is 4.01. The van der Waals surface area contributed by atoms with Crippen molar-refractivity contribution in [2.24, 2.45) is 10.2 Å². The van der Waals surface area contributed by atoms with E-state index in [4.69, 9.17) is 0 Å². The SMILES string of the molecule is CC(C)=NN=Cc1ccc2c(c1)CC=CN2. The molecule has 1 aliphatic rings. The molecule has 3 nitrogen and oxygen atoms in total. The van der Waals surface area contributed by atoms with Gasteiger partial charge >= 0.3 is 0 Å². The Morgan fingerprint density at radius 2 is 2.25 bits per heavy atom. The van der Waals surface area contributed by atoms with Crippen molar-refractivity contribution >= 4 is 17.6 Å². The fraction of sp³-hybridized carbons (Fsp3) is 0.231. The average molecular weight is 213 g/mol. The van der Waals surface area contributed by atoms with Crippen LogP contribution >= 0.6 is 0 Å². The van der Waals surface area contributed by atoms with Gasteiger partial charge in [0.25, 0.3) is 0 Å². The lowest BCUT2D eigenvalue weighted by Crippen LogP contribution is -2.00. The minimum Gasteiger partial charge on any atom is -0.362 e. The van der Waals surface area contributed by atoms with Crippen molar-refractivity contribution in [3.63, 3.8) is 0 Å². The Balaban J connectivity index is 2.19. The summed E-state index contributed by atoms with van der Waals surface area (Å²) in [6.07, 6.45) is 6.84. The van der Waals surface area contributed by atoms with Gasteiger partial charge in [-0.2, -0.15) is 10.2 Å². The van der Waals surface area contributed by atoms with Crippen LogP contribution in [0.4, 0.5) is 5.69 Å². The first-order valence-electron chi connectivity index (χ1n) is 5.34. The highest BCUT2D eigenvalue weighted by atomic mass is 15.2. The third kappa shape index (κ3) is 2.57. The highest BCUT2D eigenvalue weighted by Gasteiger charge is 2.03. The van der Waals surface area contributed by atoms with Gasteiger partial charge in [-0.25, -0.2) is 0 Å². The van der Waals surface area contributed by atoms with Gasteiger partial charge in [0.2, 0.25) is 0 Å². The van der Waals surface area contributed by atoms with Crippen LogP contribution in [-0.4, -0.2) is 11.9 Å². The highest BCUT2D eigenvalue weighted by molar-refractivity contribution is 5.83. The number of nitrogens with one attached hydrogen (secondary N) is 1. The molecule has 0 saturated heterocycles. The van der Waals surface area contributed by atoms with Crippen molar-refractivity contribution in [1.82, 2.24) is 0 Å². The molecule has 1 aromatic rings. The van der Waals surface area contributed by atoms with E-state index in [2.05, 4.69) is 33.7 Å².